The van der Waals surface area contributed by atoms with Gasteiger partial charge in [0, 0.05) is 6.54 Å². The third-order valence-corrected chi connectivity index (χ3v) is 2.84. The van der Waals surface area contributed by atoms with Crippen LogP contribution in [0.5, 0.6) is 0 Å². The summed E-state index contributed by atoms with van der Waals surface area (Å²) < 4.78 is 0. The highest BCUT2D eigenvalue weighted by Gasteiger charge is 2.25. The molecule has 0 radical (unpaired) electrons. The fraction of sp³-hybridized carbons (Fsp3) is 0.615. The lowest BCUT2D eigenvalue weighted by atomic mass is 10.0. The molecule has 0 saturated heterocycles. The van der Waals surface area contributed by atoms with Crippen LogP contribution in [-0.2, 0) is 14.4 Å². The first-order valence-corrected chi connectivity index (χ1v) is 6.66. The molecule has 0 saturated carbocycles. The van der Waals surface area contributed by atoms with Crippen LogP contribution in [0.1, 0.15) is 20.3 Å². The van der Waals surface area contributed by atoms with E-state index in [1.807, 2.05) is 19.9 Å². The first-order valence-electron chi connectivity index (χ1n) is 6.66. The summed E-state index contributed by atoms with van der Waals surface area (Å²) in [7, 11) is 0. The Morgan fingerprint density at radius 3 is 2.60 bits per heavy atom. The Bertz CT molecular complexity index is 406. The molecule has 0 spiro atoms. The van der Waals surface area contributed by atoms with Gasteiger partial charge in [-0.2, -0.15) is 0 Å². The molecular weight excluding hydrogens is 260 g/mol. The molecule has 7 heteroatoms. The zero-order valence-electron chi connectivity index (χ0n) is 11.8. The summed E-state index contributed by atoms with van der Waals surface area (Å²) in [6.07, 6.45) is 4.10. The Hall–Kier alpha value is -1.89. The summed E-state index contributed by atoms with van der Waals surface area (Å²) in [4.78, 5) is 34.6. The minimum Gasteiger partial charge on any atom is -0.368 e. The minimum absolute atomic E-state index is 0.228. The predicted molar refractivity (Wildman–Crippen MR) is 74.5 cm³/mol. The van der Waals surface area contributed by atoms with Gasteiger partial charge in [-0.05, 0) is 12.3 Å². The van der Waals surface area contributed by atoms with E-state index in [1.54, 1.807) is 6.08 Å². The maximum absolute atomic E-state index is 12.0. The van der Waals surface area contributed by atoms with Gasteiger partial charge >= 0.3 is 0 Å². The van der Waals surface area contributed by atoms with Crippen molar-refractivity contribution in [2.75, 3.05) is 13.1 Å². The molecule has 0 aromatic heterocycles. The van der Waals surface area contributed by atoms with E-state index in [0.717, 1.165) is 0 Å². The molecule has 2 atom stereocenters. The normalized spacial score (nSPS) is 18.9. The quantitative estimate of drug-likeness (QED) is 0.432. The largest absolute Gasteiger partial charge is 0.368 e. The van der Waals surface area contributed by atoms with Crippen LogP contribution >= 0.6 is 0 Å². The highest BCUT2D eigenvalue weighted by atomic mass is 16.2. The van der Waals surface area contributed by atoms with Crippen LogP contribution in [0.3, 0.4) is 0 Å². The Kier molecular flexibility index (Phi) is 6.17. The molecule has 0 aliphatic carbocycles. The van der Waals surface area contributed by atoms with Gasteiger partial charge in [-0.3, -0.25) is 19.7 Å². The van der Waals surface area contributed by atoms with Gasteiger partial charge in [-0.15, -0.1) is 0 Å². The number of nitrogens with two attached hydrogens (primary N) is 1. The molecule has 7 nitrogen and oxygen atoms in total. The van der Waals surface area contributed by atoms with E-state index >= 15 is 0 Å². The molecule has 5 N–H and O–H groups in total. The smallest absolute Gasteiger partial charge is 0.243 e. The first-order chi connectivity index (χ1) is 9.40. The van der Waals surface area contributed by atoms with E-state index in [1.165, 1.54) is 0 Å². The second-order valence-corrected chi connectivity index (χ2v) is 5.19. The molecule has 1 aliphatic heterocycles. The Morgan fingerprint density at radius 2 is 2.10 bits per heavy atom. The summed E-state index contributed by atoms with van der Waals surface area (Å²) in [5.41, 5.74) is 4.98. The van der Waals surface area contributed by atoms with Crippen LogP contribution in [0.2, 0.25) is 0 Å². The van der Waals surface area contributed by atoms with Crippen molar-refractivity contribution >= 4 is 17.7 Å². The number of nitrogens with one attached hydrogen (secondary N) is 3. The van der Waals surface area contributed by atoms with Crippen molar-refractivity contribution in [3.05, 3.63) is 12.2 Å². The highest BCUT2D eigenvalue weighted by molar-refractivity contribution is 5.92. The van der Waals surface area contributed by atoms with Gasteiger partial charge in [0.05, 0.1) is 6.54 Å². The van der Waals surface area contributed by atoms with E-state index in [4.69, 9.17) is 5.73 Å². The van der Waals surface area contributed by atoms with E-state index in [2.05, 4.69) is 16.0 Å². The number of amides is 3. The average Bonchev–Trinajstić information content (AvgIpc) is 2.88. The summed E-state index contributed by atoms with van der Waals surface area (Å²) in [5.74, 6) is -1.04. The maximum atomic E-state index is 12.0. The molecule has 20 heavy (non-hydrogen) atoms. The van der Waals surface area contributed by atoms with Crippen molar-refractivity contribution < 1.29 is 14.4 Å². The monoisotopic (exact) mass is 282 g/mol. The Balaban J connectivity index is 2.58. The SMILES string of the molecule is CC(C)C[C@H](NC(=O)[C@H]1C=CCN1)C(=O)NCC(N)=O. The fourth-order valence-electron chi connectivity index (χ4n) is 1.91. The summed E-state index contributed by atoms with van der Waals surface area (Å²) in [5, 5.41) is 8.09. The lowest BCUT2D eigenvalue weighted by molar-refractivity contribution is -0.130. The summed E-state index contributed by atoms with van der Waals surface area (Å²) in [6, 6.07) is -1.08. The Morgan fingerprint density at radius 1 is 1.40 bits per heavy atom. The van der Waals surface area contributed by atoms with E-state index < -0.39 is 23.9 Å². The van der Waals surface area contributed by atoms with Gasteiger partial charge in [-0.25, -0.2) is 0 Å². The molecular formula is C13H22N4O3. The molecule has 112 valence electrons. The third-order valence-electron chi connectivity index (χ3n) is 2.84. The van der Waals surface area contributed by atoms with Crippen LogP contribution < -0.4 is 21.7 Å². The number of carbonyl (C=O) groups is 3. The molecule has 0 bridgehead atoms. The second-order valence-electron chi connectivity index (χ2n) is 5.19. The van der Waals surface area contributed by atoms with Gasteiger partial charge < -0.3 is 16.4 Å². The van der Waals surface area contributed by atoms with Crippen molar-refractivity contribution in [1.29, 1.82) is 0 Å². The molecule has 1 aliphatic rings. The average molecular weight is 282 g/mol. The van der Waals surface area contributed by atoms with Crippen LogP contribution in [0.4, 0.5) is 0 Å². The Labute approximate surface area is 118 Å². The highest BCUT2D eigenvalue weighted by Crippen LogP contribution is 2.06. The van der Waals surface area contributed by atoms with Crippen LogP contribution in [0.25, 0.3) is 0 Å². The molecule has 0 unspecified atom stereocenters. The van der Waals surface area contributed by atoms with Crippen molar-refractivity contribution in [2.45, 2.75) is 32.4 Å². The molecule has 0 aromatic rings. The number of carbonyl (C=O) groups excluding carboxylic acids is 3. The summed E-state index contributed by atoms with van der Waals surface area (Å²) in [6.45, 7) is 4.31. The lowest BCUT2D eigenvalue weighted by Crippen LogP contribution is -2.52. The van der Waals surface area contributed by atoms with E-state index in [9.17, 15) is 14.4 Å². The number of rotatable bonds is 7. The number of hydrogen-bond donors (Lipinski definition) is 4. The van der Waals surface area contributed by atoms with E-state index in [-0.39, 0.29) is 18.4 Å². The van der Waals surface area contributed by atoms with Gasteiger partial charge in [0.15, 0.2) is 0 Å². The van der Waals surface area contributed by atoms with Crippen molar-refractivity contribution in [2.24, 2.45) is 11.7 Å². The van der Waals surface area contributed by atoms with Gasteiger partial charge in [0.2, 0.25) is 17.7 Å². The van der Waals surface area contributed by atoms with Crippen molar-refractivity contribution in [1.82, 2.24) is 16.0 Å². The topological polar surface area (TPSA) is 113 Å². The third kappa shape index (κ3) is 5.40. The standard InChI is InChI=1S/C13H22N4O3/c1-8(2)6-10(12(19)16-7-11(14)18)17-13(20)9-4-3-5-15-9/h3-4,8-10,15H,5-7H2,1-2H3,(H2,14,18)(H,16,19)(H,17,20)/t9-,10+/m1/s1. The van der Waals surface area contributed by atoms with Gasteiger partial charge in [0.1, 0.15) is 12.1 Å². The first kappa shape index (κ1) is 16.2. The molecule has 0 aromatic carbocycles. The zero-order valence-corrected chi connectivity index (χ0v) is 11.8. The van der Waals surface area contributed by atoms with Crippen LogP contribution in [0, 0.1) is 5.92 Å². The zero-order chi connectivity index (χ0) is 15.1. The van der Waals surface area contributed by atoms with E-state index in [0.29, 0.717) is 13.0 Å². The molecule has 3 amide bonds. The second kappa shape index (κ2) is 7.64. The molecule has 0 fully saturated rings. The van der Waals surface area contributed by atoms with Crippen LogP contribution in [-0.4, -0.2) is 42.9 Å². The van der Waals surface area contributed by atoms with Crippen LogP contribution in [0.15, 0.2) is 12.2 Å². The number of hydrogen-bond acceptors (Lipinski definition) is 4. The minimum atomic E-state index is -0.669. The van der Waals surface area contributed by atoms with Crippen molar-refractivity contribution in [3.63, 3.8) is 0 Å². The molecule has 1 rings (SSSR count). The maximum Gasteiger partial charge on any atom is 0.243 e. The summed E-state index contributed by atoms with van der Waals surface area (Å²) >= 11 is 0. The predicted octanol–water partition coefficient (Wildman–Crippen LogP) is -1.35. The fourth-order valence-corrected chi connectivity index (χ4v) is 1.91. The number of primary amides is 1. The van der Waals surface area contributed by atoms with Crippen molar-refractivity contribution in [3.8, 4) is 0 Å². The lowest BCUT2D eigenvalue weighted by Gasteiger charge is -2.21. The van der Waals surface area contributed by atoms with Gasteiger partial charge in [0.25, 0.3) is 0 Å². The van der Waals surface area contributed by atoms with Gasteiger partial charge in [-0.1, -0.05) is 26.0 Å². The molecule has 1 heterocycles.